The van der Waals surface area contributed by atoms with Crippen LogP contribution < -0.4 is 19.3 Å². The van der Waals surface area contributed by atoms with Crippen molar-refractivity contribution < 1.29 is 24.1 Å². The zero-order valence-corrected chi connectivity index (χ0v) is 17.1. The molecule has 0 spiro atoms. The zero-order valence-electron chi connectivity index (χ0n) is 17.1. The third-order valence-corrected chi connectivity index (χ3v) is 6.16. The van der Waals surface area contributed by atoms with Crippen molar-refractivity contribution >= 4 is 5.78 Å². The predicted molar refractivity (Wildman–Crippen MR) is 106 cm³/mol. The summed E-state index contributed by atoms with van der Waals surface area (Å²) >= 11 is 0. The molecule has 1 fully saturated rings. The number of Topliss-reactive ketones (excluding diaryl/α,β-unsaturated/α-hetero) is 1. The monoisotopic (exact) mass is 385 g/mol. The van der Waals surface area contributed by atoms with Gasteiger partial charge in [-0.2, -0.15) is 0 Å². The highest BCUT2D eigenvalue weighted by molar-refractivity contribution is 5.98. The summed E-state index contributed by atoms with van der Waals surface area (Å²) in [5.41, 5.74) is 4.47. The molecule has 2 aliphatic heterocycles. The molecule has 2 aromatic rings. The van der Waals surface area contributed by atoms with Gasteiger partial charge in [0.2, 0.25) is 12.6 Å². The molecule has 150 valence electrons. The van der Waals surface area contributed by atoms with Crippen LogP contribution in [0.3, 0.4) is 0 Å². The average Bonchev–Trinajstić information content (AvgIpc) is 3.26. The molecule has 6 heteroatoms. The largest absolute Gasteiger partial charge is 0.454 e. The Balaban J connectivity index is 1.30. The second kappa shape index (κ2) is 7.97. The SMILES string of the molecule is CCn1c(C)cc(C(=O)C[NH+]2CC[NH+](Cc3ccc4c(c3)OCO4)CC2)c1C. The van der Waals surface area contributed by atoms with Gasteiger partial charge in [-0.1, -0.05) is 0 Å². The van der Waals surface area contributed by atoms with Crippen LogP contribution in [-0.2, 0) is 13.1 Å². The van der Waals surface area contributed by atoms with E-state index in [9.17, 15) is 4.79 Å². The topological polar surface area (TPSA) is 49.3 Å². The summed E-state index contributed by atoms with van der Waals surface area (Å²) in [4.78, 5) is 15.8. The number of carbonyl (C=O) groups excluding carboxylic acids is 1. The third-order valence-electron chi connectivity index (χ3n) is 6.16. The van der Waals surface area contributed by atoms with Crippen LogP contribution in [0.4, 0.5) is 0 Å². The minimum absolute atomic E-state index is 0.280. The number of hydrogen-bond acceptors (Lipinski definition) is 3. The minimum Gasteiger partial charge on any atom is -0.454 e. The maximum atomic E-state index is 12.8. The first-order chi connectivity index (χ1) is 13.5. The molecule has 1 saturated heterocycles. The number of piperazine rings is 1. The van der Waals surface area contributed by atoms with E-state index in [4.69, 9.17) is 9.47 Å². The lowest BCUT2D eigenvalue weighted by molar-refractivity contribution is -1.01. The highest BCUT2D eigenvalue weighted by Gasteiger charge is 2.27. The second-order valence-electron chi connectivity index (χ2n) is 7.99. The summed E-state index contributed by atoms with van der Waals surface area (Å²) in [5.74, 6) is 1.98. The number of hydrogen-bond donors (Lipinski definition) is 2. The molecular formula is C22H31N3O3+2. The van der Waals surface area contributed by atoms with Gasteiger partial charge in [0.05, 0.1) is 0 Å². The summed E-state index contributed by atoms with van der Waals surface area (Å²) in [6, 6.07) is 8.29. The van der Waals surface area contributed by atoms with E-state index in [1.165, 1.54) is 16.2 Å². The van der Waals surface area contributed by atoms with Crippen LogP contribution >= 0.6 is 0 Å². The Morgan fingerprint density at radius 1 is 1.04 bits per heavy atom. The fourth-order valence-corrected chi connectivity index (χ4v) is 4.54. The maximum Gasteiger partial charge on any atom is 0.231 e. The Morgan fingerprint density at radius 2 is 1.75 bits per heavy atom. The van der Waals surface area contributed by atoms with Crippen LogP contribution in [0.1, 0.15) is 34.2 Å². The van der Waals surface area contributed by atoms with E-state index >= 15 is 0 Å². The number of nitrogens with one attached hydrogen (secondary N) is 2. The van der Waals surface area contributed by atoms with E-state index in [2.05, 4.69) is 43.5 Å². The lowest BCUT2D eigenvalue weighted by Crippen LogP contribution is -3.27. The Hall–Kier alpha value is -2.31. The van der Waals surface area contributed by atoms with E-state index in [0.717, 1.165) is 62.0 Å². The number of benzene rings is 1. The molecule has 4 rings (SSSR count). The molecule has 2 aliphatic rings. The molecular weight excluding hydrogens is 354 g/mol. The molecule has 2 N–H and O–H groups in total. The van der Waals surface area contributed by atoms with Crippen molar-refractivity contribution in [3.8, 4) is 11.5 Å². The lowest BCUT2D eigenvalue weighted by Gasteiger charge is -2.29. The van der Waals surface area contributed by atoms with Crippen molar-refractivity contribution in [1.29, 1.82) is 0 Å². The summed E-state index contributed by atoms with van der Waals surface area (Å²) < 4.78 is 13.1. The standard InChI is InChI=1S/C22H29N3O3/c1-4-25-16(2)11-19(17(25)3)20(26)14-24-9-7-23(8-10-24)13-18-5-6-21-22(12-18)28-15-27-21/h5-6,11-12H,4,7-10,13-15H2,1-3H3/p+2. The van der Waals surface area contributed by atoms with Gasteiger partial charge in [-0.05, 0) is 45.0 Å². The zero-order chi connectivity index (χ0) is 19.7. The normalized spacial score (nSPS) is 21.1. The van der Waals surface area contributed by atoms with Crippen LogP contribution in [0.2, 0.25) is 0 Å². The Labute approximate surface area is 166 Å². The molecule has 3 heterocycles. The first kappa shape index (κ1) is 19.0. The van der Waals surface area contributed by atoms with Gasteiger partial charge in [-0.15, -0.1) is 0 Å². The summed E-state index contributed by atoms with van der Waals surface area (Å²) in [6.45, 7) is 13.4. The molecule has 0 saturated carbocycles. The molecule has 6 nitrogen and oxygen atoms in total. The number of aryl methyl sites for hydroxylation is 1. The molecule has 0 radical (unpaired) electrons. The third kappa shape index (κ3) is 3.80. The number of nitrogens with zero attached hydrogens (tertiary/aromatic N) is 1. The van der Waals surface area contributed by atoms with Crippen molar-refractivity contribution in [3.05, 3.63) is 46.8 Å². The van der Waals surface area contributed by atoms with Gasteiger partial charge in [-0.3, -0.25) is 4.79 Å². The molecule has 0 bridgehead atoms. The first-order valence-electron chi connectivity index (χ1n) is 10.3. The highest BCUT2D eigenvalue weighted by atomic mass is 16.7. The van der Waals surface area contributed by atoms with Gasteiger partial charge in [0.15, 0.2) is 11.5 Å². The number of carbonyl (C=O) groups is 1. The second-order valence-corrected chi connectivity index (χ2v) is 7.99. The number of aromatic nitrogens is 1. The minimum atomic E-state index is 0.280. The van der Waals surface area contributed by atoms with Crippen molar-refractivity contribution in [2.45, 2.75) is 33.9 Å². The highest BCUT2D eigenvalue weighted by Crippen LogP contribution is 2.32. The number of fused-ring (bicyclic) bond motifs is 1. The van der Waals surface area contributed by atoms with Crippen LogP contribution in [0.5, 0.6) is 11.5 Å². The molecule has 1 aromatic heterocycles. The van der Waals surface area contributed by atoms with Crippen LogP contribution in [-0.4, -0.2) is 49.9 Å². The van der Waals surface area contributed by atoms with Crippen LogP contribution in [0.15, 0.2) is 24.3 Å². The van der Waals surface area contributed by atoms with Gasteiger partial charge in [-0.25, -0.2) is 0 Å². The number of ketones is 1. The van der Waals surface area contributed by atoms with Crippen molar-refractivity contribution in [3.63, 3.8) is 0 Å². The van der Waals surface area contributed by atoms with Gasteiger partial charge in [0.25, 0.3) is 0 Å². The maximum absolute atomic E-state index is 12.8. The Morgan fingerprint density at radius 3 is 2.46 bits per heavy atom. The van der Waals surface area contributed by atoms with E-state index in [1.54, 1.807) is 4.90 Å². The predicted octanol–water partition coefficient (Wildman–Crippen LogP) is 0.0198. The molecule has 0 amide bonds. The Kier molecular flexibility index (Phi) is 5.42. The molecule has 0 atom stereocenters. The summed E-state index contributed by atoms with van der Waals surface area (Å²) in [7, 11) is 0. The van der Waals surface area contributed by atoms with Crippen molar-refractivity contribution in [1.82, 2.24) is 4.57 Å². The summed E-state index contributed by atoms with van der Waals surface area (Å²) in [5, 5.41) is 0. The number of ether oxygens (including phenoxy) is 2. The Bertz CT molecular complexity index is 866. The number of rotatable bonds is 6. The smallest absolute Gasteiger partial charge is 0.231 e. The molecule has 0 unspecified atom stereocenters. The van der Waals surface area contributed by atoms with E-state index in [0.29, 0.717) is 13.3 Å². The van der Waals surface area contributed by atoms with Gasteiger partial charge < -0.3 is 23.8 Å². The van der Waals surface area contributed by atoms with Crippen LogP contribution in [0.25, 0.3) is 0 Å². The average molecular weight is 386 g/mol. The number of quaternary nitrogens is 2. The van der Waals surface area contributed by atoms with Gasteiger partial charge >= 0.3 is 0 Å². The molecule has 28 heavy (non-hydrogen) atoms. The van der Waals surface area contributed by atoms with Gasteiger partial charge in [0, 0.05) is 29.1 Å². The van der Waals surface area contributed by atoms with Crippen molar-refractivity contribution in [2.24, 2.45) is 0 Å². The van der Waals surface area contributed by atoms with E-state index < -0.39 is 0 Å². The molecule has 1 aromatic carbocycles. The first-order valence-corrected chi connectivity index (χ1v) is 10.3. The fraction of sp³-hybridized carbons (Fsp3) is 0.500. The molecule has 0 aliphatic carbocycles. The van der Waals surface area contributed by atoms with E-state index in [-0.39, 0.29) is 5.78 Å². The quantitative estimate of drug-likeness (QED) is 0.690. The van der Waals surface area contributed by atoms with Gasteiger partial charge in [0.1, 0.15) is 39.3 Å². The summed E-state index contributed by atoms with van der Waals surface area (Å²) in [6.07, 6.45) is 0. The lowest BCUT2D eigenvalue weighted by atomic mass is 10.1. The van der Waals surface area contributed by atoms with Crippen molar-refractivity contribution in [2.75, 3.05) is 39.5 Å². The van der Waals surface area contributed by atoms with E-state index in [1.807, 2.05) is 6.07 Å². The fourth-order valence-electron chi connectivity index (χ4n) is 4.54. The van der Waals surface area contributed by atoms with Crippen LogP contribution in [0, 0.1) is 13.8 Å².